The Balaban J connectivity index is 2.23. The van der Waals surface area contributed by atoms with Crippen molar-refractivity contribution in [2.75, 3.05) is 0 Å². The highest BCUT2D eigenvalue weighted by molar-refractivity contribution is 9.10. The van der Waals surface area contributed by atoms with Crippen molar-refractivity contribution >= 4 is 37.6 Å². The van der Waals surface area contributed by atoms with Gasteiger partial charge in [-0.15, -0.1) is 0 Å². The molecule has 1 heterocycles. The molecule has 0 bridgehead atoms. The number of benzene rings is 1. The van der Waals surface area contributed by atoms with Crippen LogP contribution in [-0.2, 0) is 11.2 Å². The third-order valence-corrected chi connectivity index (χ3v) is 4.03. The van der Waals surface area contributed by atoms with Gasteiger partial charge < -0.3 is 4.57 Å². The lowest BCUT2D eigenvalue weighted by Crippen LogP contribution is -2.19. The summed E-state index contributed by atoms with van der Waals surface area (Å²) in [6.45, 7) is 1.66. The van der Waals surface area contributed by atoms with Crippen molar-refractivity contribution < 1.29 is 13.6 Å². The molecule has 0 aliphatic heterocycles. The number of hydrogen-bond acceptors (Lipinski definition) is 2. The first-order valence-corrected chi connectivity index (χ1v) is 7.33. The Hall–Kier alpha value is -1.08. The summed E-state index contributed by atoms with van der Waals surface area (Å²) in [6, 6.07) is 1.72. The van der Waals surface area contributed by atoms with Crippen LogP contribution < -0.4 is 0 Å². The second-order valence-electron chi connectivity index (χ2n) is 4.27. The summed E-state index contributed by atoms with van der Waals surface area (Å²) in [5.74, 6) is -1.77. The zero-order valence-electron chi connectivity index (χ0n) is 10.4. The average molecular weight is 408 g/mol. The first-order chi connectivity index (χ1) is 9.40. The minimum atomic E-state index is -0.734. The van der Waals surface area contributed by atoms with E-state index in [0.29, 0.717) is 9.21 Å². The van der Waals surface area contributed by atoms with E-state index in [1.54, 1.807) is 17.7 Å². The molecule has 3 nitrogen and oxygen atoms in total. The van der Waals surface area contributed by atoms with E-state index in [9.17, 15) is 13.6 Å². The fourth-order valence-corrected chi connectivity index (χ4v) is 2.75. The van der Waals surface area contributed by atoms with E-state index in [1.807, 2.05) is 0 Å². The molecule has 0 saturated heterocycles. The number of imidazole rings is 1. The minimum Gasteiger partial charge on any atom is -0.315 e. The van der Waals surface area contributed by atoms with Crippen molar-refractivity contribution in [2.24, 2.45) is 0 Å². The second-order valence-corrected chi connectivity index (χ2v) is 5.90. The number of nitrogens with zero attached hydrogens (tertiary/aromatic N) is 2. The molecule has 1 unspecified atom stereocenters. The molecule has 0 radical (unpaired) electrons. The zero-order valence-corrected chi connectivity index (χ0v) is 13.6. The molecule has 2 rings (SSSR count). The molecule has 0 aliphatic rings. The van der Waals surface area contributed by atoms with Crippen LogP contribution in [0.15, 0.2) is 33.7 Å². The SMILES string of the molecule is CC(C(=O)Cc1c(F)cc(Br)cc1F)n1ccnc1Br. The van der Waals surface area contributed by atoms with Crippen LogP contribution in [-0.4, -0.2) is 15.3 Å². The molecule has 1 atom stereocenters. The summed E-state index contributed by atoms with van der Waals surface area (Å²) >= 11 is 6.20. The molecule has 0 aliphatic carbocycles. The van der Waals surface area contributed by atoms with Crippen LogP contribution in [0, 0.1) is 11.6 Å². The molecular weight excluding hydrogens is 398 g/mol. The summed E-state index contributed by atoms with van der Waals surface area (Å²) in [4.78, 5) is 16.1. The van der Waals surface area contributed by atoms with Crippen LogP contribution in [0.2, 0.25) is 0 Å². The van der Waals surface area contributed by atoms with E-state index in [1.165, 1.54) is 6.20 Å². The van der Waals surface area contributed by atoms with Gasteiger partial charge in [0.2, 0.25) is 0 Å². The highest BCUT2D eigenvalue weighted by Gasteiger charge is 2.21. The number of carbonyl (C=O) groups is 1. The average Bonchev–Trinajstić information content (AvgIpc) is 2.78. The standard InChI is InChI=1S/C13H10Br2F2N2O/c1-7(19-3-2-18-13(19)15)12(20)6-9-10(16)4-8(14)5-11(9)17/h2-5,7H,6H2,1H3. The van der Waals surface area contributed by atoms with Crippen molar-refractivity contribution in [2.45, 2.75) is 19.4 Å². The lowest BCUT2D eigenvalue weighted by molar-refractivity contribution is -0.121. The molecule has 0 fully saturated rings. The smallest absolute Gasteiger partial charge is 0.177 e. The Bertz CT molecular complexity index is 635. The number of ketones is 1. The molecule has 20 heavy (non-hydrogen) atoms. The number of aromatic nitrogens is 2. The van der Waals surface area contributed by atoms with Gasteiger partial charge in [0.1, 0.15) is 11.6 Å². The van der Waals surface area contributed by atoms with Crippen LogP contribution in [0.25, 0.3) is 0 Å². The second kappa shape index (κ2) is 6.13. The molecule has 0 amide bonds. The Morgan fingerprint density at radius 3 is 2.45 bits per heavy atom. The third kappa shape index (κ3) is 3.15. The van der Waals surface area contributed by atoms with Crippen molar-refractivity contribution in [3.8, 4) is 0 Å². The zero-order chi connectivity index (χ0) is 14.9. The van der Waals surface area contributed by atoms with Gasteiger partial charge in [0, 0.05) is 28.9 Å². The fraction of sp³-hybridized carbons (Fsp3) is 0.231. The lowest BCUT2D eigenvalue weighted by Gasteiger charge is -2.14. The first kappa shape index (κ1) is 15.3. The Labute approximate surface area is 131 Å². The predicted molar refractivity (Wildman–Crippen MR) is 77.4 cm³/mol. The fourth-order valence-electron chi connectivity index (χ4n) is 1.80. The number of halogens is 4. The maximum Gasteiger partial charge on any atom is 0.177 e. The normalized spacial score (nSPS) is 12.4. The van der Waals surface area contributed by atoms with Gasteiger partial charge >= 0.3 is 0 Å². The van der Waals surface area contributed by atoms with E-state index < -0.39 is 17.7 Å². The minimum absolute atomic E-state index is 0.221. The molecule has 0 saturated carbocycles. The number of hydrogen-bond donors (Lipinski definition) is 0. The van der Waals surface area contributed by atoms with Gasteiger partial charge in [-0.25, -0.2) is 13.8 Å². The number of carbonyl (C=O) groups excluding carboxylic acids is 1. The van der Waals surface area contributed by atoms with E-state index in [0.717, 1.165) is 12.1 Å². The summed E-state index contributed by atoms with van der Waals surface area (Å²) in [6.07, 6.45) is 2.85. The lowest BCUT2D eigenvalue weighted by atomic mass is 10.0. The largest absolute Gasteiger partial charge is 0.315 e. The molecule has 0 N–H and O–H groups in total. The summed E-state index contributed by atoms with van der Waals surface area (Å²) in [7, 11) is 0. The summed E-state index contributed by atoms with van der Waals surface area (Å²) < 4.78 is 29.8. The van der Waals surface area contributed by atoms with E-state index in [2.05, 4.69) is 36.8 Å². The van der Waals surface area contributed by atoms with Gasteiger partial charge in [-0.3, -0.25) is 4.79 Å². The quantitative estimate of drug-likeness (QED) is 0.765. The monoisotopic (exact) mass is 406 g/mol. The maximum atomic E-state index is 13.7. The van der Waals surface area contributed by atoms with Gasteiger partial charge in [-0.2, -0.15) is 0 Å². The molecule has 106 valence electrons. The summed E-state index contributed by atoms with van der Waals surface area (Å²) in [5, 5.41) is 0. The third-order valence-electron chi connectivity index (χ3n) is 2.96. The number of Topliss-reactive ketones (excluding diaryl/α,β-unsaturated/α-hetero) is 1. The molecule has 0 spiro atoms. The Morgan fingerprint density at radius 1 is 1.35 bits per heavy atom. The predicted octanol–water partition coefficient (Wildman–Crippen LogP) is 4.06. The van der Waals surface area contributed by atoms with Gasteiger partial charge in [0.15, 0.2) is 10.5 Å². The van der Waals surface area contributed by atoms with Gasteiger partial charge in [0.25, 0.3) is 0 Å². The highest BCUT2D eigenvalue weighted by Crippen LogP contribution is 2.22. The van der Waals surface area contributed by atoms with Gasteiger partial charge in [-0.1, -0.05) is 15.9 Å². The van der Waals surface area contributed by atoms with Gasteiger partial charge in [-0.05, 0) is 35.0 Å². The molecule has 2 aromatic rings. The molecule has 7 heteroatoms. The number of rotatable bonds is 4. The summed E-state index contributed by atoms with van der Waals surface area (Å²) in [5.41, 5.74) is -0.221. The van der Waals surface area contributed by atoms with Crippen LogP contribution >= 0.6 is 31.9 Å². The van der Waals surface area contributed by atoms with Crippen molar-refractivity contribution in [1.82, 2.24) is 9.55 Å². The van der Waals surface area contributed by atoms with Crippen LogP contribution in [0.4, 0.5) is 8.78 Å². The molecular formula is C13H10Br2F2N2O. The van der Waals surface area contributed by atoms with E-state index >= 15 is 0 Å². The van der Waals surface area contributed by atoms with Crippen molar-refractivity contribution in [1.29, 1.82) is 0 Å². The molecule has 1 aromatic carbocycles. The van der Waals surface area contributed by atoms with Crippen LogP contribution in [0.3, 0.4) is 0 Å². The molecule has 1 aromatic heterocycles. The van der Waals surface area contributed by atoms with Crippen LogP contribution in [0.1, 0.15) is 18.5 Å². The van der Waals surface area contributed by atoms with Crippen LogP contribution in [0.5, 0.6) is 0 Å². The van der Waals surface area contributed by atoms with Gasteiger partial charge in [0.05, 0.1) is 6.04 Å². The highest BCUT2D eigenvalue weighted by atomic mass is 79.9. The van der Waals surface area contributed by atoms with Crippen molar-refractivity contribution in [3.63, 3.8) is 0 Å². The van der Waals surface area contributed by atoms with E-state index in [-0.39, 0.29) is 17.8 Å². The first-order valence-electron chi connectivity index (χ1n) is 5.74. The maximum absolute atomic E-state index is 13.7. The Morgan fingerprint density at radius 2 is 1.95 bits per heavy atom. The van der Waals surface area contributed by atoms with E-state index in [4.69, 9.17) is 0 Å². The van der Waals surface area contributed by atoms with Crippen molar-refractivity contribution in [3.05, 3.63) is 50.9 Å². The topological polar surface area (TPSA) is 34.9 Å². The Kier molecular flexibility index (Phi) is 4.70.